The molecule has 0 saturated carbocycles. The van der Waals surface area contributed by atoms with Crippen molar-refractivity contribution in [3.05, 3.63) is 76.8 Å². The van der Waals surface area contributed by atoms with E-state index in [1.165, 1.54) is 44.8 Å². The first-order chi connectivity index (χ1) is 17.6. The van der Waals surface area contributed by atoms with Crippen LogP contribution < -0.4 is 19.5 Å². The SMILES string of the molecule is COc1cc(C(C(=O)NC(C)(C)C)N(Cc2ccccc2Cl)C(=O)c2cnccn2)cc(OC)c1OC. The Balaban J connectivity index is 2.26. The van der Waals surface area contributed by atoms with Gasteiger partial charge in [0.25, 0.3) is 5.91 Å². The number of benzene rings is 2. The smallest absolute Gasteiger partial charge is 0.275 e. The first-order valence-electron chi connectivity index (χ1n) is 11.5. The Kier molecular flexibility index (Phi) is 8.94. The zero-order chi connectivity index (χ0) is 27.2. The molecule has 0 fully saturated rings. The molecule has 1 heterocycles. The maximum atomic E-state index is 13.9. The number of hydrogen-bond acceptors (Lipinski definition) is 7. The number of methoxy groups -OCH3 is 3. The largest absolute Gasteiger partial charge is 0.493 e. The normalized spacial score (nSPS) is 11.9. The van der Waals surface area contributed by atoms with E-state index in [1.54, 1.807) is 30.3 Å². The second-order valence-corrected chi connectivity index (χ2v) is 9.62. The van der Waals surface area contributed by atoms with Crippen LogP contribution in [0.15, 0.2) is 55.0 Å². The Morgan fingerprint density at radius 1 is 1.03 bits per heavy atom. The van der Waals surface area contributed by atoms with E-state index in [4.69, 9.17) is 25.8 Å². The van der Waals surface area contributed by atoms with Gasteiger partial charge < -0.3 is 24.4 Å². The third kappa shape index (κ3) is 6.68. The molecule has 3 rings (SSSR count). The highest BCUT2D eigenvalue weighted by Crippen LogP contribution is 2.41. The minimum atomic E-state index is -1.11. The molecule has 1 unspecified atom stereocenters. The number of hydrogen-bond donors (Lipinski definition) is 1. The topological polar surface area (TPSA) is 103 Å². The van der Waals surface area contributed by atoms with Gasteiger partial charge in [-0.25, -0.2) is 4.98 Å². The fourth-order valence-electron chi connectivity index (χ4n) is 3.82. The molecule has 2 amide bonds. The highest BCUT2D eigenvalue weighted by molar-refractivity contribution is 6.31. The van der Waals surface area contributed by atoms with Crippen LogP contribution in [0.5, 0.6) is 17.2 Å². The molecule has 0 aliphatic carbocycles. The summed E-state index contributed by atoms with van der Waals surface area (Å²) < 4.78 is 16.5. The van der Waals surface area contributed by atoms with Gasteiger partial charge in [-0.3, -0.25) is 14.6 Å². The number of aromatic nitrogens is 2. The summed E-state index contributed by atoms with van der Waals surface area (Å²) in [6, 6.07) is 9.33. The molecule has 2 aromatic carbocycles. The molecule has 1 N–H and O–H groups in total. The maximum absolute atomic E-state index is 13.9. The van der Waals surface area contributed by atoms with E-state index in [0.717, 1.165) is 0 Å². The van der Waals surface area contributed by atoms with E-state index < -0.39 is 23.4 Å². The van der Waals surface area contributed by atoms with Gasteiger partial charge in [0, 0.05) is 29.5 Å². The molecule has 3 aromatic rings. The number of rotatable bonds is 9. The van der Waals surface area contributed by atoms with Crippen LogP contribution >= 0.6 is 11.6 Å². The molecule has 0 aliphatic heterocycles. The maximum Gasteiger partial charge on any atom is 0.275 e. The third-order valence-electron chi connectivity index (χ3n) is 5.40. The van der Waals surface area contributed by atoms with Gasteiger partial charge in [0.1, 0.15) is 11.7 Å². The Labute approximate surface area is 221 Å². The Hall–Kier alpha value is -3.85. The van der Waals surface area contributed by atoms with Gasteiger partial charge in [0.15, 0.2) is 11.5 Å². The summed E-state index contributed by atoms with van der Waals surface area (Å²) in [6.45, 7) is 5.61. The van der Waals surface area contributed by atoms with Crippen LogP contribution in [0.2, 0.25) is 5.02 Å². The molecule has 0 saturated heterocycles. The van der Waals surface area contributed by atoms with E-state index in [-0.39, 0.29) is 12.2 Å². The standard InChI is InChI=1S/C27H31ClN4O5/c1-27(2,3)31-25(33)23(18-13-21(35-4)24(37-6)22(14-18)36-5)32(16-17-9-7-8-10-19(17)28)26(34)20-15-29-11-12-30-20/h7-15,23H,16H2,1-6H3,(H,31,33). The molecule has 9 nitrogen and oxygen atoms in total. The van der Waals surface area contributed by atoms with Gasteiger partial charge in [-0.1, -0.05) is 29.8 Å². The van der Waals surface area contributed by atoms with Gasteiger partial charge in [-0.05, 0) is 50.1 Å². The van der Waals surface area contributed by atoms with Crippen molar-refractivity contribution in [2.45, 2.75) is 38.9 Å². The number of ether oxygens (including phenoxy) is 3. The van der Waals surface area contributed by atoms with Crippen LogP contribution in [0.25, 0.3) is 0 Å². The van der Waals surface area contributed by atoms with Crippen LogP contribution in [0.1, 0.15) is 48.4 Å². The first-order valence-corrected chi connectivity index (χ1v) is 11.9. The summed E-state index contributed by atoms with van der Waals surface area (Å²) in [4.78, 5) is 37.4. The number of carbonyl (C=O) groups excluding carboxylic acids is 2. The number of amides is 2. The average molecular weight is 527 g/mol. The van der Waals surface area contributed by atoms with E-state index in [1.807, 2.05) is 26.8 Å². The zero-order valence-corrected chi connectivity index (χ0v) is 22.5. The summed E-state index contributed by atoms with van der Waals surface area (Å²) in [5.74, 6) is 0.133. The third-order valence-corrected chi connectivity index (χ3v) is 5.77. The van der Waals surface area contributed by atoms with Crippen LogP contribution in [0.3, 0.4) is 0 Å². The molecular formula is C27H31ClN4O5. The number of nitrogens with one attached hydrogen (secondary N) is 1. The lowest BCUT2D eigenvalue weighted by Crippen LogP contribution is -2.49. The number of halogens is 1. The molecule has 10 heteroatoms. The van der Waals surface area contributed by atoms with Crippen molar-refractivity contribution in [2.24, 2.45) is 0 Å². The second kappa shape index (κ2) is 11.9. The summed E-state index contributed by atoms with van der Waals surface area (Å²) >= 11 is 6.47. The van der Waals surface area contributed by atoms with Crippen LogP contribution in [-0.2, 0) is 11.3 Å². The molecule has 1 atom stereocenters. The lowest BCUT2D eigenvalue weighted by Gasteiger charge is -2.34. The van der Waals surface area contributed by atoms with Gasteiger partial charge in [0.2, 0.25) is 11.7 Å². The average Bonchev–Trinajstić information content (AvgIpc) is 2.87. The van der Waals surface area contributed by atoms with Crippen molar-refractivity contribution in [3.63, 3.8) is 0 Å². The molecule has 0 spiro atoms. The van der Waals surface area contributed by atoms with Crippen LogP contribution in [-0.4, -0.2) is 53.6 Å². The quantitative estimate of drug-likeness (QED) is 0.439. The monoisotopic (exact) mass is 526 g/mol. The number of nitrogens with zero attached hydrogens (tertiary/aromatic N) is 3. The zero-order valence-electron chi connectivity index (χ0n) is 21.7. The van der Waals surface area contributed by atoms with Crippen molar-refractivity contribution < 1.29 is 23.8 Å². The fourth-order valence-corrected chi connectivity index (χ4v) is 4.01. The lowest BCUT2D eigenvalue weighted by molar-refractivity contribution is -0.127. The van der Waals surface area contributed by atoms with Crippen molar-refractivity contribution in [2.75, 3.05) is 21.3 Å². The van der Waals surface area contributed by atoms with E-state index in [9.17, 15) is 9.59 Å². The Morgan fingerprint density at radius 2 is 1.68 bits per heavy atom. The first kappa shape index (κ1) is 27.7. The summed E-state index contributed by atoms with van der Waals surface area (Å²) in [5.41, 5.74) is 0.597. The molecule has 196 valence electrons. The predicted molar refractivity (Wildman–Crippen MR) is 140 cm³/mol. The van der Waals surface area contributed by atoms with E-state index in [2.05, 4.69) is 15.3 Å². The van der Waals surface area contributed by atoms with Crippen molar-refractivity contribution in [3.8, 4) is 17.2 Å². The molecule has 0 bridgehead atoms. The van der Waals surface area contributed by atoms with Gasteiger partial charge in [0.05, 0.1) is 27.5 Å². The van der Waals surface area contributed by atoms with E-state index >= 15 is 0 Å². The minimum absolute atomic E-state index is 0.0218. The second-order valence-electron chi connectivity index (χ2n) is 9.22. The molecule has 1 aromatic heterocycles. The molecule has 37 heavy (non-hydrogen) atoms. The molecule has 0 aliphatic rings. The van der Waals surface area contributed by atoms with Crippen molar-refractivity contribution >= 4 is 23.4 Å². The van der Waals surface area contributed by atoms with Crippen LogP contribution in [0.4, 0.5) is 0 Å². The Morgan fingerprint density at radius 3 is 2.19 bits per heavy atom. The van der Waals surface area contributed by atoms with Crippen molar-refractivity contribution in [1.29, 1.82) is 0 Å². The van der Waals surface area contributed by atoms with Gasteiger partial charge in [-0.15, -0.1) is 0 Å². The predicted octanol–water partition coefficient (Wildman–Crippen LogP) is 4.45. The minimum Gasteiger partial charge on any atom is -0.493 e. The van der Waals surface area contributed by atoms with Crippen LogP contribution in [0, 0.1) is 0 Å². The van der Waals surface area contributed by atoms with Gasteiger partial charge >= 0.3 is 0 Å². The van der Waals surface area contributed by atoms with E-state index in [0.29, 0.717) is 33.4 Å². The Bertz CT molecular complexity index is 1220. The lowest BCUT2D eigenvalue weighted by atomic mass is 9.99. The number of carbonyl (C=O) groups is 2. The summed E-state index contributed by atoms with van der Waals surface area (Å²) in [7, 11) is 4.46. The molecule has 0 radical (unpaired) electrons. The fraction of sp³-hybridized carbons (Fsp3) is 0.333. The molecular weight excluding hydrogens is 496 g/mol. The van der Waals surface area contributed by atoms with Gasteiger partial charge in [-0.2, -0.15) is 0 Å². The van der Waals surface area contributed by atoms with Crippen molar-refractivity contribution in [1.82, 2.24) is 20.2 Å². The highest BCUT2D eigenvalue weighted by Gasteiger charge is 2.36. The summed E-state index contributed by atoms with van der Waals surface area (Å²) in [6.07, 6.45) is 4.25. The highest BCUT2D eigenvalue weighted by atomic mass is 35.5. The summed E-state index contributed by atoms with van der Waals surface area (Å²) in [5, 5.41) is 3.45.